The van der Waals surface area contributed by atoms with Crippen molar-refractivity contribution in [1.29, 1.82) is 0 Å². The second-order valence-electron chi connectivity index (χ2n) is 6.03. The average molecular weight is 377 g/mol. The van der Waals surface area contributed by atoms with Crippen LogP contribution in [0.1, 0.15) is 23.1 Å². The Balaban J connectivity index is 2.14. The Labute approximate surface area is 165 Å². The van der Waals surface area contributed by atoms with Crippen LogP contribution in [-0.2, 0) is 4.79 Å². The van der Waals surface area contributed by atoms with E-state index in [4.69, 9.17) is 16.3 Å². The maximum absolute atomic E-state index is 10.5. The highest BCUT2D eigenvalue weighted by molar-refractivity contribution is 6.18. The summed E-state index contributed by atoms with van der Waals surface area (Å²) < 4.78 is 5.38. The standard InChI is InChI=1S/C24H21ClO2/c25-16-15-23(19-7-3-1-4-8-19)24(20-9-5-2-6-10-20)21-11-13-22(14-12-21)27-18-17-26/h1-14,17H,15-16,18H2/b24-23+. The van der Waals surface area contributed by atoms with E-state index in [0.717, 1.165) is 29.4 Å². The zero-order valence-corrected chi connectivity index (χ0v) is 15.7. The van der Waals surface area contributed by atoms with E-state index in [-0.39, 0.29) is 6.61 Å². The van der Waals surface area contributed by atoms with Crippen molar-refractivity contribution in [2.45, 2.75) is 6.42 Å². The Kier molecular flexibility index (Phi) is 6.84. The molecule has 0 saturated carbocycles. The quantitative estimate of drug-likeness (QED) is 0.280. The van der Waals surface area contributed by atoms with E-state index in [2.05, 4.69) is 24.3 Å². The molecule has 0 aliphatic carbocycles. The van der Waals surface area contributed by atoms with Crippen molar-refractivity contribution < 1.29 is 9.53 Å². The molecule has 2 nitrogen and oxygen atoms in total. The smallest absolute Gasteiger partial charge is 0.157 e. The summed E-state index contributed by atoms with van der Waals surface area (Å²) >= 11 is 6.16. The fourth-order valence-electron chi connectivity index (χ4n) is 3.12. The van der Waals surface area contributed by atoms with Crippen molar-refractivity contribution >= 4 is 29.0 Å². The van der Waals surface area contributed by atoms with Gasteiger partial charge in [-0.05, 0) is 46.4 Å². The van der Waals surface area contributed by atoms with Crippen molar-refractivity contribution in [2.24, 2.45) is 0 Å². The number of carbonyl (C=O) groups excluding carboxylic acids is 1. The summed E-state index contributed by atoms with van der Waals surface area (Å²) in [4.78, 5) is 10.5. The van der Waals surface area contributed by atoms with Gasteiger partial charge in [0.15, 0.2) is 6.29 Å². The number of hydrogen-bond donors (Lipinski definition) is 0. The van der Waals surface area contributed by atoms with Gasteiger partial charge in [0.1, 0.15) is 12.4 Å². The van der Waals surface area contributed by atoms with Crippen LogP contribution in [0.4, 0.5) is 0 Å². The third kappa shape index (κ3) is 4.87. The van der Waals surface area contributed by atoms with Crippen LogP contribution in [0.2, 0.25) is 0 Å². The predicted molar refractivity (Wildman–Crippen MR) is 112 cm³/mol. The molecular weight excluding hydrogens is 356 g/mol. The Hall–Kier alpha value is -2.84. The topological polar surface area (TPSA) is 26.3 Å². The van der Waals surface area contributed by atoms with Gasteiger partial charge in [0.2, 0.25) is 0 Å². The fraction of sp³-hybridized carbons (Fsp3) is 0.125. The summed E-state index contributed by atoms with van der Waals surface area (Å²) in [6.07, 6.45) is 1.51. The van der Waals surface area contributed by atoms with Gasteiger partial charge in [0.25, 0.3) is 0 Å². The number of rotatable bonds is 8. The number of hydrogen-bond acceptors (Lipinski definition) is 2. The van der Waals surface area contributed by atoms with E-state index < -0.39 is 0 Å². The van der Waals surface area contributed by atoms with Gasteiger partial charge in [-0.2, -0.15) is 0 Å². The molecule has 0 aliphatic heterocycles. The minimum absolute atomic E-state index is 0.0578. The molecule has 0 spiro atoms. The second-order valence-corrected chi connectivity index (χ2v) is 6.40. The van der Waals surface area contributed by atoms with Gasteiger partial charge < -0.3 is 4.74 Å². The number of ether oxygens (including phenoxy) is 1. The molecule has 3 rings (SSSR count). The van der Waals surface area contributed by atoms with Crippen LogP contribution >= 0.6 is 11.6 Å². The predicted octanol–water partition coefficient (Wildman–Crippen LogP) is 5.85. The van der Waals surface area contributed by atoms with Crippen molar-refractivity contribution in [2.75, 3.05) is 12.5 Å². The van der Waals surface area contributed by atoms with Crippen molar-refractivity contribution in [1.82, 2.24) is 0 Å². The van der Waals surface area contributed by atoms with Gasteiger partial charge in [-0.3, -0.25) is 4.79 Å². The molecule has 3 aromatic rings. The molecule has 0 heterocycles. The van der Waals surface area contributed by atoms with Gasteiger partial charge in [0.05, 0.1) is 0 Å². The summed E-state index contributed by atoms with van der Waals surface area (Å²) in [5.41, 5.74) is 5.76. The number of aldehydes is 1. The first-order valence-electron chi connectivity index (χ1n) is 8.90. The van der Waals surface area contributed by atoms with Crippen LogP contribution in [0.5, 0.6) is 5.75 Å². The lowest BCUT2D eigenvalue weighted by Crippen LogP contribution is -1.99. The minimum Gasteiger partial charge on any atom is -0.486 e. The van der Waals surface area contributed by atoms with Crippen molar-refractivity contribution in [3.63, 3.8) is 0 Å². The van der Waals surface area contributed by atoms with E-state index in [0.29, 0.717) is 11.6 Å². The molecule has 0 N–H and O–H groups in total. The van der Waals surface area contributed by atoms with Gasteiger partial charge in [-0.1, -0.05) is 72.8 Å². The van der Waals surface area contributed by atoms with E-state index in [1.54, 1.807) is 0 Å². The first kappa shape index (κ1) is 18.9. The molecule has 0 amide bonds. The lowest BCUT2D eigenvalue weighted by atomic mass is 9.88. The number of halogens is 1. The zero-order valence-electron chi connectivity index (χ0n) is 15.0. The Morgan fingerprint density at radius 1 is 0.778 bits per heavy atom. The van der Waals surface area contributed by atoms with Crippen LogP contribution in [-0.4, -0.2) is 18.8 Å². The van der Waals surface area contributed by atoms with Crippen molar-refractivity contribution in [3.05, 3.63) is 102 Å². The number of benzene rings is 3. The Morgan fingerprint density at radius 2 is 1.33 bits per heavy atom. The van der Waals surface area contributed by atoms with E-state index >= 15 is 0 Å². The highest BCUT2D eigenvalue weighted by atomic mass is 35.5. The van der Waals surface area contributed by atoms with Crippen LogP contribution in [0.15, 0.2) is 84.9 Å². The lowest BCUT2D eigenvalue weighted by Gasteiger charge is -2.17. The second kappa shape index (κ2) is 9.75. The monoisotopic (exact) mass is 376 g/mol. The number of allylic oxidation sites excluding steroid dienone is 1. The summed E-state index contributed by atoms with van der Waals surface area (Å²) in [7, 11) is 0. The molecule has 0 saturated heterocycles. The first-order chi connectivity index (χ1) is 13.3. The molecule has 3 aromatic carbocycles. The Bertz CT molecular complexity index is 885. The normalized spacial score (nSPS) is 11.6. The van der Waals surface area contributed by atoms with E-state index in [9.17, 15) is 4.79 Å². The summed E-state index contributed by atoms with van der Waals surface area (Å²) in [5, 5.41) is 0. The van der Waals surface area contributed by atoms with Gasteiger partial charge >= 0.3 is 0 Å². The maximum atomic E-state index is 10.5. The third-order valence-corrected chi connectivity index (χ3v) is 4.48. The molecule has 27 heavy (non-hydrogen) atoms. The molecule has 0 fully saturated rings. The Morgan fingerprint density at radius 3 is 1.89 bits per heavy atom. The van der Waals surface area contributed by atoms with Crippen LogP contribution in [0.25, 0.3) is 11.1 Å². The molecule has 0 aromatic heterocycles. The summed E-state index contributed by atoms with van der Waals surface area (Å²) in [6.45, 7) is 0.0578. The van der Waals surface area contributed by atoms with Crippen LogP contribution in [0, 0.1) is 0 Å². The molecule has 0 radical (unpaired) electrons. The lowest BCUT2D eigenvalue weighted by molar-refractivity contribution is -0.109. The van der Waals surface area contributed by atoms with Crippen molar-refractivity contribution in [3.8, 4) is 5.75 Å². The van der Waals surface area contributed by atoms with Crippen LogP contribution in [0.3, 0.4) is 0 Å². The number of carbonyl (C=O) groups is 1. The first-order valence-corrected chi connectivity index (χ1v) is 9.43. The maximum Gasteiger partial charge on any atom is 0.157 e. The van der Waals surface area contributed by atoms with Gasteiger partial charge in [-0.25, -0.2) is 0 Å². The minimum atomic E-state index is 0.0578. The summed E-state index contributed by atoms with van der Waals surface area (Å²) in [5.74, 6) is 1.22. The third-order valence-electron chi connectivity index (χ3n) is 4.29. The molecule has 0 atom stereocenters. The largest absolute Gasteiger partial charge is 0.486 e. The molecule has 136 valence electrons. The molecule has 0 unspecified atom stereocenters. The zero-order chi connectivity index (χ0) is 18.9. The molecule has 0 aliphatic rings. The highest BCUT2D eigenvalue weighted by Crippen LogP contribution is 2.35. The molecule has 0 bridgehead atoms. The molecular formula is C24H21ClO2. The SMILES string of the molecule is O=CCOc1ccc(/C(=C(\CCCl)c2ccccc2)c2ccccc2)cc1. The van der Waals surface area contributed by atoms with E-state index in [1.807, 2.05) is 60.7 Å². The number of alkyl halides is 1. The van der Waals surface area contributed by atoms with Gasteiger partial charge in [-0.15, -0.1) is 11.6 Å². The summed E-state index contributed by atoms with van der Waals surface area (Å²) in [6, 6.07) is 28.5. The molecule has 3 heteroatoms. The van der Waals surface area contributed by atoms with Crippen LogP contribution < -0.4 is 4.74 Å². The van der Waals surface area contributed by atoms with E-state index in [1.165, 1.54) is 11.1 Å². The fourth-order valence-corrected chi connectivity index (χ4v) is 3.30. The average Bonchev–Trinajstić information content (AvgIpc) is 2.74. The van der Waals surface area contributed by atoms with Gasteiger partial charge in [0, 0.05) is 5.88 Å². The highest BCUT2D eigenvalue weighted by Gasteiger charge is 2.14.